The van der Waals surface area contributed by atoms with Gasteiger partial charge < -0.3 is 9.80 Å². The van der Waals surface area contributed by atoms with Crippen molar-refractivity contribution < 1.29 is 0 Å². The van der Waals surface area contributed by atoms with Gasteiger partial charge in [0.2, 0.25) is 0 Å². The molecule has 0 spiro atoms. The third-order valence-electron chi connectivity index (χ3n) is 3.38. The van der Waals surface area contributed by atoms with Crippen LogP contribution in [0.1, 0.15) is 0 Å². The molecule has 0 bridgehead atoms. The fraction of sp³-hybridized carbons (Fsp3) is 0.357. The molecule has 1 unspecified atom stereocenters. The lowest BCUT2D eigenvalue weighted by atomic mass is 10.2. The molecule has 1 atom stereocenters. The van der Waals surface area contributed by atoms with Crippen molar-refractivity contribution in [1.29, 1.82) is 0 Å². The quantitative estimate of drug-likeness (QED) is 0.449. The normalized spacial score (nSPS) is 20.7. The average molecular weight is 385 g/mol. The standard InChI is InChI=1S/C14H16IN3S/c1-17-4-5-18(14(15)10-17)12-7-11(8-16-9-12)13-3-2-6-19-13/h2-3,6-9,14H,4-5,10H2,1H3. The number of thiophene rings is 1. The van der Waals surface area contributed by atoms with Crippen molar-refractivity contribution >= 4 is 39.6 Å². The number of aromatic nitrogens is 1. The number of likely N-dealkylation sites (N-methyl/N-ethyl adjacent to an activating group) is 1. The second-order valence-electron chi connectivity index (χ2n) is 4.80. The predicted molar refractivity (Wildman–Crippen MR) is 90.2 cm³/mol. The molecule has 3 nitrogen and oxygen atoms in total. The van der Waals surface area contributed by atoms with E-state index in [1.165, 1.54) is 16.1 Å². The molecule has 1 saturated heterocycles. The van der Waals surface area contributed by atoms with Crippen LogP contribution in [0, 0.1) is 0 Å². The fourth-order valence-electron chi connectivity index (χ4n) is 2.32. The van der Waals surface area contributed by atoms with Crippen molar-refractivity contribution in [2.24, 2.45) is 0 Å². The number of anilines is 1. The first kappa shape index (κ1) is 13.3. The van der Waals surface area contributed by atoms with Gasteiger partial charge in [-0.2, -0.15) is 0 Å². The summed E-state index contributed by atoms with van der Waals surface area (Å²) in [6, 6.07) is 6.50. The van der Waals surface area contributed by atoms with E-state index in [2.05, 4.69) is 68.0 Å². The molecule has 0 amide bonds. The molecular formula is C14H16IN3S. The second kappa shape index (κ2) is 5.76. The van der Waals surface area contributed by atoms with Gasteiger partial charge in [0, 0.05) is 36.3 Å². The Labute approximate surface area is 131 Å². The molecule has 0 saturated carbocycles. The van der Waals surface area contributed by atoms with Gasteiger partial charge in [-0.3, -0.25) is 4.98 Å². The monoisotopic (exact) mass is 385 g/mol. The summed E-state index contributed by atoms with van der Waals surface area (Å²) in [6.45, 7) is 3.28. The first-order valence-electron chi connectivity index (χ1n) is 6.32. The highest BCUT2D eigenvalue weighted by Gasteiger charge is 2.23. The number of rotatable bonds is 2. The smallest absolute Gasteiger partial charge is 0.0936 e. The summed E-state index contributed by atoms with van der Waals surface area (Å²) >= 11 is 4.29. The zero-order chi connectivity index (χ0) is 13.2. The van der Waals surface area contributed by atoms with Gasteiger partial charge in [-0.15, -0.1) is 11.3 Å². The molecular weight excluding hydrogens is 369 g/mol. The van der Waals surface area contributed by atoms with Crippen molar-refractivity contribution in [2.75, 3.05) is 31.6 Å². The molecule has 0 radical (unpaired) electrons. The lowest BCUT2D eigenvalue weighted by Crippen LogP contribution is -2.49. The number of hydrogen-bond donors (Lipinski definition) is 0. The summed E-state index contributed by atoms with van der Waals surface area (Å²) in [5, 5.41) is 2.11. The molecule has 1 aliphatic heterocycles. The number of piperazine rings is 1. The number of hydrogen-bond acceptors (Lipinski definition) is 4. The van der Waals surface area contributed by atoms with E-state index in [1.54, 1.807) is 11.3 Å². The van der Waals surface area contributed by atoms with E-state index < -0.39 is 0 Å². The Kier molecular flexibility index (Phi) is 4.04. The van der Waals surface area contributed by atoms with Gasteiger partial charge in [-0.05, 0) is 24.6 Å². The van der Waals surface area contributed by atoms with E-state index in [0.717, 1.165) is 19.6 Å². The van der Waals surface area contributed by atoms with E-state index in [0.29, 0.717) is 4.05 Å². The Morgan fingerprint density at radius 1 is 1.37 bits per heavy atom. The highest BCUT2D eigenvalue weighted by atomic mass is 127. The minimum atomic E-state index is 0.511. The van der Waals surface area contributed by atoms with Gasteiger partial charge in [0.25, 0.3) is 0 Å². The third-order valence-corrected chi connectivity index (χ3v) is 5.37. The zero-order valence-electron chi connectivity index (χ0n) is 10.8. The van der Waals surface area contributed by atoms with Gasteiger partial charge in [-0.25, -0.2) is 0 Å². The van der Waals surface area contributed by atoms with Crippen molar-refractivity contribution in [3.8, 4) is 10.4 Å². The van der Waals surface area contributed by atoms with Gasteiger partial charge in [0.05, 0.1) is 15.9 Å². The Morgan fingerprint density at radius 3 is 3.00 bits per heavy atom. The fourth-order valence-corrected chi connectivity index (χ4v) is 4.30. The first-order chi connectivity index (χ1) is 9.24. The van der Waals surface area contributed by atoms with Crippen LogP contribution in [0.2, 0.25) is 0 Å². The van der Waals surface area contributed by atoms with Gasteiger partial charge >= 0.3 is 0 Å². The minimum absolute atomic E-state index is 0.511. The van der Waals surface area contributed by atoms with Crippen molar-refractivity contribution in [3.63, 3.8) is 0 Å². The van der Waals surface area contributed by atoms with Gasteiger partial charge in [0.1, 0.15) is 0 Å². The molecule has 2 aromatic heterocycles. The summed E-state index contributed by atoms with van der Waals surface area (Å²) in [4.78, 5) is 10.5. The zero-order valence-corrected chi connectivity index (χ0v) is 13.8. The van der Waals surface area contributed by atoms with Crippen LogP contribution in [0.25, 0.3) is 10.4 Å². The summed E-state index contributed by atoms with van der Waals surface area (Å²) in [7, 11) is 2.18. The number of nitrogens with zero attached hydrogens (tertiary/aromatic N) is 3. The predicted octanol–water partition coefficient (Wildman–Crippen LogP) is 3.32. The highest BCUT2D eigenvalue weighted by molar-refractivity contribution is 14.1. The summed E-state index contributed by atoms with van der Waals surface area (Å²) in [5.41, 5.74) is 2.45. The molecule has 0 aliphatic carbocycles. The van der Waals surface area contributed by atoms with Crippen LogP contribution < -0.4 is 4.90 Å². The van der Waals surface area contributed by atoms with Crippen LogP contribution in [0.5, 0.6) is 0 Å². The summed E-state index contributed by atoms with van der Waals surface area (Å²) in [5.74, 6) is 0. The van der Waals surface area contributed by atoms with Crippen molar-refractivity contribution in [2.45, 2.75) is 4.05 Å². The maximum absolute atomic E-state index is 4.42. The van der Waals surface area contributed by atoms with Crippen molar-refractivity contribution in [1.82, 2.24) is 9.88 Å². The molecule has 1 fully saturated rings. The molecule has 3 heterocycles. The molecule has 2 aromatic rings. The van der Waals surface area contributed by atoms with E-state index in [1.807, 2.05) is 12.4 Å². The van der Waals surface area contributed by atoms with Crippen LogP contribution in [-0.2, 0) is 0 Å². The van der Waals surface area contributed by atoms with E-state index in [9.17, 15) is 0 Å². The van der Waals surface area contributed by atoms with Gasteiger partial charge in [0.15, 0.2) is 0 Å². The van der Waals surface area contributed by atoms with Gasteiger partial charge in [-0.1, -0.05) is 28.7 Å². The maximum Gasteiger partial charge on any atom is 0.0936 e. The first-order valence-corrected chi connectivity index (χ1v) is 8.45. The maximum atomic E-state index is 4.42. The number of halogens is 1. The van der Waals surface area contributed by atoms with E-state index >= 15 is 0 Å². The summed E-state index contributed by atoms with van der Waals surface area (Å²) < 4.78 is 0.511. The Morgan fingerprint density at radius 2 is 2.26 bits per heavy atom. The summed E-state index contributed by atoms with van der Waals surface area (Å²) in [6.07, 6.45) is 3.93. The van der Waals surface area contributed by atoms with Crippen LogP contribution in [0.15, 0.2) is 36.0 Å². The Hall–Kier alpha value is -0.660. The lowest BCUT2D eigenvalue weighted by molar-refractivity contribution is 0.306. The molecule has 0 aromatic carbocycles. The van der Waals surface area contributed by atoms with Crippen molar-refractivity contribution in [3.05, 3.63) is 36.0 Å². The highest BCUT2D eigenvalue weighted by Crippen LogP contribution is 2.29. The molecule has 100 valence electrons. The topological polar surface area (TPSA) is 19.4 Å². The second-order valence-corrected chi connectivity index (χ2v) is 7.18. The molecule has 1 aliphatic rings. The largest absolute Gasteiger partial charge is 0.356 e. The SMILES string of the molecule is CN1CCN(c2cncc(-c3cccs3)c2)C(I)C1. The molecule has 19 heavy (non-hydrogen) atoms. The Bertz CT molecular complexity index is 543. The molecule has 5 heteroatoms. The lowest BCUT2D eigenvalue weighted by Gasteiger charge is -2.38. The Balaban J connectivity index is 1.87. The average Bonchev–Trinajstić information content (AvgIpc) is 2.93. The molecule has 0 N–H and O–H groups in total. The van der Waals surface area contributed by atoms with Crippen LogP contribution in [0.3, 0.4) is 0 Å². The number of pyridine rings is 1. The minimum Gasteiger partial charge on any atom is -0.356 e. The van der Waals surface area contributed by atoms with Crippen LogP contribution in [0.4, 0.5) is 5.69 Å². The van der Waals surface area contributed by atoms with Crippen LogP contribution >= 0.6 is 33.9 Å². The number of alkyl halides is 1. The van der Waals surface area contributed by atoms with E-state index in [4.69, 9.17) is 0 Å². The third kappa shape index (κ3) is 2.93. The van der Waals surface area contributed by atoms with E-state index in [-0.39, 0.29) is 0 Å². The van der Waals surface area contributed by atoms with Crippen LogP contribution in [-0.4, -0.2) is 40.6 Å². The molecule has 3 rings (SSSR count).